The molecule has 164 valence electrons. The van der Waals surface area contributed by atoms with Crippen LogP contribution in [0.1, 0.15) is 11.1 Å². The normalized spacial score (nSPS) is 11.2. The highest BCUT2D eigenvalue weighted by atomic mass is 35.5. The Morgan fingerprint density at radius 3 is 2.58 bits per heavy atom. The molecule has 5 aromatic rings. The van der Waals surface area contributed by atoms with E-state index in [1.165, 1.54) is 4.68 Å². The van der Waals surface area contributed by atoms with Gasteiger partial charge in [0.15, 0.2) is 0 Å². The Kier molecular flexibility index (Phi) is 5.44. The van der Waals surface area contributed by atoms with E-state index < -0.39 is 0 Å². The van der Waals surface area contributed by atoms with Crippen LogP contribution in [-0.2, 0) is 17.9 Å². The average Bonchev–Trinajstić information content (AvgIpc) is 3.13. The van der Waals surface area contributed by atoms with Gasteiger partial charge < -0.3 is 9.88 Å². The molecule has 0 aliphatic carbocycles. The van der Waals surface area contributed by atoms with E-state index in [-0.39, 0.29) is 18.0 Å². The first-order valence-electron chi connectivity index (χ1n) is 10.6. The molecule has 1 N–H and O–H groups in total. The molecule has 33 heavy (non-hydrogen) atoms. The number of aromatic nitrogens is 3. The van der Waals surface area contributed by atoms with E-state index in [0.717, 1.165) is 27.4 Å². The van der Waals surface area contributed by atoms with E-state index in [0.29, 0.717) is 22.8 Å². The second-order valence-electron chi connectivity index (χ2n) is 7.97. The van der Waals surface area contributed by atoms with E-state index >= 15 is 0 Å². The van der Waals surface area contributed by atoms with Gasteiger partial charge in [-0.2, -0.15) is 5.10 Å². The summed E-state index contributed by atoms with van der Waals surface area (Å²) in [5.41, 5.74) is 3.75. The summed E-state index contributed by atoms with van der Waals surface area (Å²) in [4.78, 5) is 26.2. The highest BCUT2D eigenvalue weighted by Gasteiger charge is 2.17. The van der Waals surface area contributed by atoms with E-state index in [2.05, 4.69) is 10.4 Å². The summed E-state index contributed by atoms with van der Waals surface area (Å²) in [5.74, 6) is -0.347. The molecule has 0 saturated heterocycles. The molecular formula is C26H21ClN4O2. The number of benzene rings is 3. The molecule has 0 saturated carbocycles. The molecule has 2 heterocycles. The number of para-hydroxylation sites is 1. The van der Waals surface area contributed by atoms with Crippen molar-refractivity contribution in [3.8, 4) is 0 Å². The van der Waals surface area contributed by atoms with Gasteiger partial charge in [0.05, 0.1) is 6.20 Å². The van der Waals surface area contributed by atoms with Crippen molar-refractivity contribution in [1.82, 2.24) is 14.3 Å². The number of hydrogen-bond acceptors (Lipinski definition) is 3. The Hall–Kier alpha value is -3.90. The van der Waals surface area contributed by atoms with Crippen LogP contribution in [0.15, 0.2) is 83.8 Å². The molecule has 0 atom stereocenters. The van der Waals surface area contributed by atoms with Crippen LogP contribution in [0.2, 0.25) is 5.02 Å². The Labute approximate surface area is 195 Å². The molecule has 0 radical (unpaired) electrons. The van der Waals surface area contributed by atoms with Crippen molar-refractivity contribution in [2.24, 2.45) is 0 Å². The standard InChI is InChI=1S/C26H21ClN4O2/c1-17-11-12-19(27)13-22(17)29-24(32)16-31-26(33)25-21(14-28-31)20-9-5-6-10-23(20)30(25)15-18-7-3-2-4-8-18/h2-14H,15-16H2,1H3,(H,29,32). The SMILES string of the molecule is Cc1ccc(Cl)cc1NC(=O)Cn1ncc2c3ccccc3n(Cc3ccccc3)c2c1=O. The van der Waals surface area contributed by atoms with Crippen molar-refractivity contribution in [1.29, 1.82) is 0 Å². The summed E-state index contributed by atoms with van der Waals surface area (Å²) in [5, 5.41) is 9.38. The van der Waals surface area contributed by atoms with E-state index in [9.17, 15) is 9.59 Å². The molecule has 0 spiro atoms. The molecule has 6 nitrogen and oxygen atoms in total. The fraction of sp³-hybridized carbons (Fsp3) is 0.115. The Morgan fingerprint density at radius 1 is 1.00 bits per heavy atom. The minimum atomic E-state index is -0.347. The summed E-state index contributed by atoms with van der Waals surface area (Å²) in [6.45, 7) is 2.22. The van der Waals surface area contributed by atoms with Gasteiger partial charge in [0, 0.05) is 33.5 Å². The van der Waals surface area contributed by atoms with Gasteiger partial charge in [-0.15, -0.1) is 0 Å². The highest BCUT2D eigenvalue weighted by molar-refractivity contribution is 6.31. The molecule has 0 unspecified atom stereocenters. The van der Waals surface area contributed by atoms with Crippen LogP contribution in [0.4, 0.5) is 5.69 Å². The lowest BCUT2D eigenvalue weighted by atomic mass is 10.2. The number of halogens is 1. The molecule has 1 amide bonds. The van der Waals surface area contributed by atoms with Crippen molar-refractivity contribution in [2.45, 2.75) is 20.0 Å². The molecule has 7 heteroatoms. The topological polar surface area (TPSA) is 68.9 Å². The maximum Gasteiger partial charge on any atom is 0.291 e. The Morgan fingerprint density at radius 2 is 1.76 bits per heavy atom. The zero-order valence-corrected chi connectivity index (χ0v) is 18.7. The lowest BCUT2D eigenvalue weighted by Crippen LogP contribution is -2.30. The molecule has 0 aliphatic heterocycles. The zero-order chi connectivity index (χ0) is 22.9. The van der Waals surface area contributed by atoms with Crippen LogP contribution in [0.3, 0.4) is 0 Å². The first-order valence-corrected chi connectivity index (χ1v) is 11.0. The minimum Gasteiger partial charge on any atom is -0.331 e. The van der Waals surface area contributed by atoms with Crippen LogP contribution in [0, 0.1) is 6.92 Å². The van der Waals surface area contributed by atoms with Gasteiger partial charge in [0.1, 0.15) is 12.1 Å². The fourth-order valence-electron chi connectivity index (χ4n) is 4.09. The summed E-state index contributed by atoms with van der Waals surface area (Å²) < 4.78 is 3.21. The Bertz CT molecular complexity index is 1550. The molecular weight excluding hydrogens is 436 g/mol. The van der Waals surface area contributed by atoms with Gasteiger partial charge in [-0.05, 0) is 36.2 Å². The van der Waals surface area contributed by atoms with Gasteiger partial charge >= 0.3 is 0 Å². The van der Waals surface area contributed by atoms with Gasteiger partial charge in [-0.1, -0.05) is 66.2 Å². The maximum absolute atomic E-state index is 13.5. The third kappa shape index (κ3) is 4.01. The van der Waals surface area contributed by atoms with Gasteiger partial charge in [-0.25, -0.2) is 4.68 Å². The van der Waals surface area contributed by atoms with Crippen LogP contribution in [-0.4, -0.2) is 20.3 Å². The van der Waals surface area contributed by atoms with E-state index in [1.807, 2.05) is 72.2 Å². The average molecular weight is 457 g/mol. The number of aryl methyl sites for hydroxylation is 1. The quantitative estimate of drug-likeness (QED) is 0.404. The summed E-state index contributed by atoms with van der Waals surface area (Å²) in [6.07, 6.45) is 1.67. The number of anilines is 1. The fourth-order valence-corrected chi connectivity index (χ4v) is 4.26. The second kappa shape index (κ2) is 8.56. The van der Waals surface area contributed by atoms with Crippen LogP contribution >= 0.6 is 11.6 Å². The number of carbonyl (C=O) groups is 1. The third-order valence-corrected chi connectivity index (χ3v) is 5.96. The predicted octanol–water partition coefficient (Wildman–Crippen LogP) is 5.00. The number of carbonyl (C=O) groups excluding carboxylic acids is 1. The summed E-state index contributed by atoms with van der Waals surface area (Å²) in [6, 6.07) is 23.1. The largest absolute Gasteiger partial charge is 0.331 e. The first kappa shape index (κ1) is 21.0. The van der Waals surface area contributed by atoms with Crippen LogP contribution in [0.5, 0.6) is 0 Å². The number of nitrogens with zero attached hydrogens (tertiary/aromatic N) is 3. The number of amides is 1. The number of hydrogen-bond donors (Lipinski definition) is 1. The summed E-state index contributed by atoms with van der Waals surface area (Å²) in [7, 11) is 0. The number of rotatable bonds is 5. The lowest BCUT2D eigenvalue weighted by molar-refractivity contribution is -0.117. The van der Waals surface area contributed by atoms with Crippen molar-refractivity contribution in [2.75, 3.05) is 5.32 Å². The van der Waals surface area contributed by atoms with Crippen molar-refractivity contribution in [3.63, 3.8) is 0 Å². The smallest absolute Gasteiger partial charge is 0.291 e. The molecule has 3 aromatic carbocycles. The molecule has 0 fully saturated rings. The first-order chi connectivity index (χ1) is 16.0. The van der Waals surface area contributed by atoms with Crippen LogP contribution in [0.25, 0.3) is 21.8 Å². The second-order valence-corrected chi connectivity index (χ2v) is 8.40. The van der Waals surface area contributed by atoms with Gasteiger partial charge in [0.25, 0.3) is 5.56 Å². The minimum absolute atomic E-state index is 0.201. The van der Waals surface area contributed by atoms with Crippen LogP contribution < -0.4 is 10.9 Å². The summed E-state index contributed by atoms with van der Waals surface area (Å²) >= 11 is 6.05. The van der Waals surface area contributed by atoms with Crippen molar-refractivity contribution < 1.29 is 4.79 Å². The molecule has 0 aliphatic rings. The van der Waals surface area contributed by atoms with Gasteiger partial charge in [0.2, 0.25) is 5.91 Å². The van der Waals surface area contributed by atoms with E-state index in [1.54, 1.807) is 18.3 Å². The van der Waals surface area contributed by atoms with Crippen molar-refractivity contribution in [3.05, 3.63) is 105 Å². The third-order valence-electron chi connectivity index (χ3n) is 5.72. The number of nitrogens with one attached hydrogen (secondary N) is 1. The molecule has 5 rings (SSSR count). The zero-order valence-electron chi connectivity index (χ0n) is 18.0. The number of fused-ring (bicyclic) bond motifs is 3. The van der Waals surface area contributed by atoms with Crippen molar-refractivity contribution >= 4 is 45.0 Å². The maximum atomic E-state index is 13.5. The van der Waals surface area contributed by atoms with E-state index in [4.69, 9.17) is 11.6 Å². The highest BCUT2D eigenvalue weighted by Crippen LogP contribution is 2.27. The lowest BCUT2D eigenvalue weighted by Gasteiger charge is -2.11. The monoisotopic (exact) mass is 456 g/mol. The van der Waals surface area contributed by atoms with Gasteiger partial charge in [-0.3, -0.25) is 9.59 Å². The Balaban J connectivity index is 1.56. The molecule has 2 aromatic heterocycles. The molecule has 0 bridgehead atoms. The predicted molar refractivity (Wildman–Crippen MR) is 132 cm³/mol.